The van der Waals surface area contributed by atoms with Gasteiger partial charge in [-0.05, 0) is 65.0 Å². The van der Waals surface area contributed by atoms with E-state index < -0.39 is 6.09 Å². The Bertz CT molecular complexity index is 806. The minimum absolute atomic E-state index is 0.115. The van der Waals surface area contributed by atoms with Crippen molar-refractivity contribution >= 4 is 6.09 Å². The Kier molecular flexibility index (Phi) is 5.08. The fourth-order valence-electron chi connectivity index (χ4n) is 4.15. The van der Waals surface area contributed by atoms with Crippen LogP contribution in [-0.4, -0.2) is 11.2 Å². The Hall–Kier alpha value is -2.29. The first kappa shape index (κ1) is 18.5. The molecule has 0 unspecified atom stereocenters. The Morgan fingerprint density at radius 3 is 2.54 bits per heavy atom. The molecule has 2 aromatic carbocycles. The van der Waals surface area contributed by atoms with Crippen molar-refractivity contribution in [1.82, 2.24) is 5.32 Å². The highest BCUT2D eigenvalue weighted by atomic mass is 16.4. The Morgan fingerprint density at radius 2 is 1.92 bits per heavy atom. The summed E-state index contributed by atoms with van der Waals surface area (Å²) >= 11 is 0. The molecule has 0 radical (unpaired) electrons. The van der Waals surface area contributed by atoms with Gasteiger partial charge in [0.1, 0.15) is 0 Å². The second-order valence-corrected chi connectivity index (χ2v) is 8.21. The van der Waals surface area contributed by atoms with Crippen molar-refractivity contribution in [2.75, 3.05) is 0 Å². The largest absolute Gasteiger partial charge is 0.465 e. The summed E-state index contributed by atoms with van der Waals surface area (Å²) in [6, 6.07) is 13.2. The minimum Gasteiger partial charge on any atom is -0.465 e. The zero-order valence-electron chi connectivity index (χ0n) is 16.2. The molecule has 2 N–H and O–H groups in total. The molecule has 0 aliphatic heterocycles. The maximum atomic E-state index is 11.2. The molecule has 1 amide bonds. The number of amides is 1. The lowest BCUT2D eigenvalue weighted by molar-refractivity contribution is 0.175. The van der Waals surface area contributed by atoms with Gasteiger partial charge in [0.15, 0.2) is 0 Å². The number of carbonyl (C=O) groups is 1. The van der Waals surface area contributed by atoms with E-state index in [1.807, 2.05) is 0 Å². The lowest BCUT2D eigenvalue weighted by Gasteiger charge is -2.27. The Morgan fingerprint density at radius 1 is 1.23 bits per heavy atom. The van der Waals surface area contributed by atoms with Crippen LogP contribution in [-0.2, 0) is 12.8 Å². The summed E-state index contributed by atoms with van der Waals surface area (Å²) in [5, 5.41) is 11.9. The molecule has 3 rings (SSSR count). The highest BCUT2D eigenvalue weighted by Gasteiger charge is 2.40. The van der Waals surface area contributed by atoms with E-state index in [9.17, 15) is 9.90 Å². The van der Waals surface area contributed by atoms with Crippen LogP contribution in [0.2, 0.25) is 0 Å². The fourth-order valence-corrected chi connectivity index (χ4v) is 4.15. The number of nitrogens with one attached hydrogen (secondary N) is 1. The molecule has 0 spiro atoms. The van der Waals surface area contributed by atoms with Crippen molar-refractivity contribution in [2.24, 2.45) is 5.41 Å². The summed E-state index contributed by atoms with van der Waals surface area (Å²) in [5.41, 5.74) is 7.33. The van der Waals surface area contributed by atoms with Crippen molar-refractivity contribution in [3.05, 3.63) is 58.7 Å². The number of rotatable bonds is 5. The maximum absolute atomic E-state index is 11.2. The number of hydrogen-bond acceptors (Lipinski definition) is 1. The molecule has 26 heavy (non-hydrogen) atoms. The second kappa shape index (κ2) is 7.14. The third kappa shape index (κ3) is 3.62. The number of benzene rings is 2. The number of aryl methyl sites for hydroxylation is 2. The Labute approximate surface area is 156 Å². The summed E-state index contributed by atoms with van der Waals surface area (Å²) in [6.07, 6.45) is 3.50. The van der Waals surface area contributed by atoms with Gasteiger partial charge in [0.2, 0.25) is 0 Å². The molecule has 0 bridgehead atoms. The molecule has 0 aromatic heterocycles. The standard InChI is InChI=1S/C23H29NO2/c1-5-6-7-16-8-10-17(11-9-16)19-13-18-14-23(3,4)21(24-22(25)26)20(18)12-15(19)2/h8-13,21,24H,5-7,14H2,1-4H3,(H,25,26)/t21-/m0/s1. The van der Waals surface area contributed by atoms with Crippen LogP contribution in [0.25, 0.3) is 11.1 Å². The van der Waals surface area contributed by atoms with E-state index in [4.69, 9.17) is 0 Å². The predicted molar refractivity (Wildman–Crippen MR) is 107 cm³/mol. The van der Waals surface area contributed by atoms with E-state index in [1.54, 1.807) is 0 Å². The van der Waals surface area contributed by atoms with Crippen LogP contribution < -0.4 is 5.32 Å². The van der Waals surface area contributed by atoms with Gasteiger partial charge in [-0.1, -0.05) is 63.6 Å². The van der Waals surface area contributed by atoms with Gasteiger partial charge in [0.05, 0.1) is 6.04 Å². The molecule has 0 saturated heterocycles. The van der Waals surface area contributed by atoms with Gasteiger partial charge >= 0.3 is 6.09 Å². The van der Waals surface area contributed by atoms with Crippen molar-refractivity contribution in [2.45, 2.75) is 59.4 Å². The third-order valence-corrected chi connectivity index (χ3v) is 5.58. The molecule has 1 aliphatic carbocycles. The number of unbranched alkanes of at least 4 members (excludes halogenated alkanes) is 1. The summed E-state index contributed by atoms with van der Waals surface area (Å²) in [4.78, 5) is 11.2. The second-order valence-electron chi connectivity index (χ2n) is 8.21. The van der Waals surface area contributed by atoms with Gasteiger partial charge < -0.3 is 10.4 Å². The van der Waals surface area contributed by atoms with E-state index in [-0.39, 0.29) is 11.5 Å². The molecule has 3 heteroatoms. The first-order chi connectivity index (χ1) is 12.3. The fraction of sp³-hybridized carbons (Fsp3) is 0.435. The van der Waals surface area contributed by atoms with Crippen molar-refractivity contribution in [1.29, 1.82) is 0 Å². The maximum Gasteiger partial charge on any atom is 0.405 e. The van der Waals surface area contributed by atoms with E-state index in [0.29, 0.717) is 0 Å². The normalized spacial score (nSPS) is 17.8. The average molecular weight is 351 g/mol. The van der Waals surface area contributed by atoms with Crippen LogP contribution in [0.15, 0.2) is 36.4 Å². The lowest BCUT2D eigenvalue weighted by Crippen LogP contribution is -2.34. The van der Waals surface area contributed by atoms with Crippen LogP contribution in [0.4, 0.5) is 4.79 Å². The molecular weight excluding hydrogens is 322 g/mol. The van der Waals surface area contributed by atoms with E-state index in [0.717, 1.165) is 18.4 Å². The van der Waals surface area contributed by atoms with Crippen molar-refractivity contribution < 1.29 is 9.90 Å². The summed E-state index contributed by atoms with van der Waals surface area (Å²) in [6.45, 7) is 8.59. The highest BCUT2D eigenvalue weighted by molar-refractivity contribution is 5.71. The smallest absolute Gasteiger partial charge is 0.405 e. The topological polar surface area (TPSA) is 49.3 Å². The third-order valence-electron chi connectivity index (χ3n) is 5.58. The molecule has 138 valence electrons. The molecular formula is C23H29NO2. The predicted octanol–water partition coefficient (Wildman–Crippen LogP) is 5.90. The van der Waals surface area contributed by atoms with Crippen LogP contribution in [0, 0.1) is 12.3 Å². The van der Waals surface area contributed by atoms with E-state index in [1.165, 1.54) is 40.7 Å². The zero-order valence-corrected chi connectivity index (χ0v) is 16.2. The van der Waals surface area contributed by atoms with E-state index in [2.05, 4.69) is 69.4 Å². The van der Waals surface area contributed by atoms with Gasteiger partial charge in [0.25, 0.3) is 0 Å². The van der Waals surface area contributed by atoms with E-state index >= 15 is 0 Å². The quantitative estimate of drug-likeness (QED) is 0.705. The number of fused-ring (bicyclic) bond motifs is 1. The Balaban J connectivity index is 1.94. The summed E-state index contributed by atoms with van der Waals surface area (Å²) in [5.74, 6) is 0. The van der Waals surface area contributed by atoms with Gasteiger partial charge in [-0.25, -0.2) is 4.79 Å². The number of hydrogen-bond donors (Lipinski definition) is 2. The molecule has 3 nitrogen and oxygen atoms in total. The molecule has 1 aliphatic rings. The molecule has 0 heterocycles. The van der Waals surface area contributed by atoms with Gasteiger partial charge in [0, 0.05) is 0 Å². The van der Waals surface area contributed by atoms with Crippen LogP contribution in [0.3, 0.4) is 0 Å². The number of carboxylic acid groups (broad SMARTS) is 1. The SMILES string of the molecule is CCCCc1ccc(-c2cc3c(cc2C)[C@H](NC(=O)O)C(C)(C)C3)cc1. The van der Waals surface area contributed by atoms with Gasteiger partial charge in [-0.2, -0.15) is 0 Å². The first-order valence-electron chi connectivity index (χ1n) is 9.54. The molecule has 2 aromatic rings. The average Bonchev–Trinajstić information content (AvgIpc) is 2.82. The summed E-state index contributed by atoms with van der Waals surface area (Å²) in [7, 11) is 0. The summed E-state index contributed by atoms with van der Waals surface area (Å²) < 4.78 is 0. The molecule has 1 atom stereocenters. The van der Waals surface area contributed by atoms with Crippen LogP contribution >= 0.6 is 0 Å². The van der Waals surface area contributed by atoms with Crippen molar-refractivity contribution in [3.63, 3.8) is 0 Å². The minimum atomic E-state index is -0.958. The monoisotopic (exact) mass is 351 g/mol. The lowest BCUT2D eigenvalue weighted by atomic mass is 9.85. The highest BCUT2D eigenvalue weighted by Crippen LogP contribution is 2.47. The van der Waals surface area contributed by atoms with Crippen LogP contribution in [0.1, 0.15) is 61.9 Å². The van der Waals surface area contributed by atoms with Gasteiger partial charge in [-0.15, -0.1) is 0 Å². The van der Waals surface area contributed by atoms with Gasteiger partial charge in [-0.3, -0.25) is 0 Å². The first-order valence-corrected chi connectivity index (χ1v) is 9.54. The zero-order chi connectivity index (χ0) is 18.9. The molecule has 0 saturated carbocycles. The van der Waals surface area contributed by atoms with Crippen LogP contribution in [0.5, 0.6) is 0 Å². The van der Waals surface area contributed by atoms with Crippen molar-refractivity contribution in [3.8, 4) is 11.1 Å². The molecule has 0 fully saturated rings.